The van der Waals surface area contributed by atoms with Gasteiger partial charge in [0.25, 0.3) is 0 Å². The maximum Gasteiger partial charge on any atom is 0 e. The fourth-order valence-electron chi connectivity index (χ4n) is 0. The van der Waals surface area contributed by atoms with Gasteiger partial charge >= 0.3 is 0 Å². The molecule has 0 aromatic rings. The summed E-state index contributed by atoms with van der Waals surface area (Å²) in [4.78, 5) is 0. The zero-order valence-corrected chi connectivity index (χ0v) is 12.0. The Bertz CT molecular complexity index is 8.26. The zero-order chi connectivity index (χ0) is 0. The number of rotatable bonds is 0. The summed E-state index contributed by atoms with van der Waals surface area (Å²) in [6.45, 7) is 0. The average Bonchev–Trinajstić information content (AvgIpc) is 0. The van der Waals surface area contributed by atoms with Gasteiger partial charge in [-0.3, -0.25) is 0 Å². The van der Waals surface area contributed by atoms with E-state index in [4.69, 9.17) is 0 Å². The molecular formula is H12Na3O6. The topological polar surface area (TPSA) is 189 Å². The Balaban J connectivity index is 0. The van der Waals surface area contributed by atoms with Gasteiger partial charge in [0.1, 0.15) is 0 Å². The van der Waals surface area contributed by atoms with Crippen molar-refractivity contribution in [2.45, 2.75) is 0 Å². The number of hydrogen-bond donors (Lipinski definition) is 0. The molecule has 9 heteroatoms. The van der Waals surface area contributed by atoms with E-state index >= 15 is 0 Å². The van der Waals surface area contributed by atoms with Gasteiger partial charge in [0.05, 0.1) is 0 Å². The third kappa shape index (κ3) is 108. The normalized spacial score (nSPS) is 0. The summed E-state index contributed by atoms with van der Waals surface area (Å²) in [6, 6.07) is 0. The monoisotopic (exact) mass is 177 g/mol. The van der Waals surface area contributed by atoms with Crippen LogP contribution in [0.2, 0.25) is 0 Å². The van der Waals surface area contributed by atoms with Gasteiger partial charge in [-0.15, -0.1) is 0 Å². The van der Waals surface area contributed by atoms with E-state index in [0.717, 1.165) is 0 Å². The van der Waals surface area contributed by atoms with E-state index in [9.17, 15) is 0 Å². The van der Waals surface area contributed by atoms with Crippen LogP contribution in [0.5, 0.6) is 0 Å². The van der Waals surface area contributed by atoms with Crippen LogP contribution in [-0.4, -0.2) is 122 Å². The summed E-state index contributed by atoms with van der Waals surface area (Å²) in [5.74, 6) is 0. The minimum absolute atomic E-state index is 0. The molecule has 0 bridgehead atoms. The minimum atomic E-state index is 0. The first-order valence-electron chi connectivity index (χ1n) is 0. The summed E-state index contributed by atoms with van der Waals surface area (Å²) < 4.78 is 0. The molecule has 0 fully saturated rings. The van der Waals surface area contributed by atoms with Crippen molar-refractivity contribution in [3.63, 3.8) is 0 Å². The van der Waals surface area contributed by atoms with Crippen LogP contribution in [-0.2, 0) is 0 Å². The summed E-state index contributed by atoms with van der Waals surface area (Å²) in [5, 5.41) is 0. The maximum atomic E-state index is 0. The van der Waals surface area contributed by atoms with Gasteiger partial charge < -0.3 is 32.9 Å². The molecule has 0 aromatic heterocycles. The molecule has 0 aliphatic rings. The predicted octanol–water partition coefficient (Wildman–Crippen LogP) is -6.09. The fourth-order valence-corrected chi connectivity index (χ4v) is 0. The van der Waals surface area contributed by atoms with Crippen molar-refractivity contribution in [2.75, 3.05) is 0 Å². The van der Waals surface area contributed by atoms with Gasteiger partial charge in [-0.1, -0.05) is 0 Å². The Hall–Kier alpha value is 2.76. The van der Waals surface area contributed by atoms with Crippen LogP contribution < -0.4 is 0 Å². The molecule has 6 nitrogen and oxygen atoms in total. The standard InChI is InChI=1S/3Na.6H2O/h;;;6*1H2. The molecule has 0 spiro atoms. The third-order valence-corrected chi connectivity index (χ3v) is 0. The average molecular weight is 177 g/mol. The molecule has 0 rings (SSSR count). The Morgan fingerprint density at radius 2 is 0.222 bits per heavy atom. The zero-order valence-electron chi connectivity index (χ0n) is 6.00. The second kappa shape index (κ2) is 135. The molecule has 0 aromatic carbocycles. The Morgan fingerprint density at radius 3 is 0.222 bits per heavy atom. The van der Waals surface area contributed by atoms with E-state index in [1.807, 2.05) is 0 Å². The molecule has 0 atom stereocenters. The van der Waals surface area contributed by atoms with Gasteiger partial charge in [-0.2, -0.15) is 0 Å². The van der Waals surface area contributed by atoms with E-state index in [-0.39, 0.29) is 122 Å². The van der Waals surface area contributed by atoms with Crippen molar-refractivity contribution in [1.82, 2.24) is 0 Å². The van der Waals surface area contributed by atoms with Gasteiger partial charge in [-0.25, -0.2) is 0 Å². The first-order valence-corrected chi connectivity index (χ1v) is 0. The van der Waals surface area contributed by atoms with Gasteiger partial charge in [-0.05, 0) is 0 Å². The second-order valence-corrected chi connectivity index (χ2v) is 0. The molecule has 0 aliphatic heterocycles. The van der Waals surface area contributed by atoms with E-state index in [1.54, 1.807) is 0 Å². The molecule has 12 N–H and O–H groups in total. The molecule has 9 heavy (non-hydrogen) atoms. The van der Waals surface area contributed by atoms with Gasteiger partial charge in [0, 0.05) is 88.7 Å². The molecule has 0 saturated heterocycles. The summed E-state index contributed by atoms with van der Waals surface area (Å²) in [7, 11) is 0. The maximum absolute atomic E-state index is 0. The van der Waals surface area contributed by atoms with Crippen LogP contribution in [0.3, 0.4) is 0 Å². The van der Waals surface area contributed by atoms with E-state index in [2.05, 4.69) is 0 Å². The second-order valence-electron chi connectivity index (χ2n) is 0. The van der Waals surface area contributed by atoms with Crippen molar-refractivity contribution in [3.8, 4) is 0 Å². The van der Waals surface area contributed by atoms with Crippen LogP contribution in [0, 0.1) is 0 Å². The summed E-state index contributed by atoms with van der Waals surface area (Å²) in [6.07, 6.45) is 0. The smallest absolute Gasteiger partial charge is 0 e. The Morgan fingerprint density at radius 1 is 0.222 bits per heavy atom. The van der Waals surface area contributed by atoms with Crippen LogP contribution in [0.4, 0.5) is 0 Å². The van der Waals surface area contributed by atoms with Crippen molar-refractivity contribution in [3.05, 3.63) is 0 Å². The fraction of sp³-hybridized carbons (Fsp3) is 0. The number of hydrogen-bond acceptors (Lipinski definition) is 0. The van der Waals surface area contributed by atoms with E-state index in [0.29, 0.717) is 0 Å². The predicted molar refractivity (Wildman–Crippen MR) is 38.9 cm³/mol. The largest absolute Gasteiger partial charge is 0.412 e. The third-order valence-electron chi connectivity index (χ3n) is 0. The van der Waals surface area contributed by atoms with Crippen molar-refractivity contribution >= 4 is 88.7 Å². The molecule has 0 saturated carbocycles. The molecule has 0 amide bonds. The SMILES string of the molecule is O.O.O.O.O.O.[Na].[Na].[Na]. The van der Waals surface area contributed by atoms with Gasteiger partial charge in [0.15, 0.2) is 0 Å². The summed E-state index contributed by atoms with van der Waals surface area (Å²) in [5.41, 5.74) is 0. The quantitative estimate of drug-likeness (QED) is 0.318. The Kier molecular flexibility index (Phi) is 2670. The first-order chi connectivity index (χ1) is 0. The van der Waals surface area contributed by atoms with Crippen LogP contribution >= 0.6 is 0 Å². The van der Waals surface area contributed by atoms with Crippen molar-refractivity contribution < 1.29 is 32.9 Å². The Labute approximate surface area is 119 Å². The van der Waals surface area contributed by atoms with Crippen molar-refractivity contribution in [2.24, 2.45) is 0 Å². The molecule has 0 aliphatic carbocycles. The summed E-state index contributed by atoms with van der Waals surface area (Å²) >= 11 is 0. The molecular weight excluding hydrogens is 165 g/mol. The molecule has 0 unspecified atom stereocenters. The van der Waals surface area contributed by atoms with Crippen LogP contribution in [0.1, 0.15) is 0 Å². The van der Waals surface area contributed by atoms with E-state index < -0.39 is 0 Å². The molecule has 0 heterocycles. The van der Waals surface area contributed by atoms with Crippen LogP contribution in [0.15, 0.2) is 0 Å². The van der Waals surface area contributed by atoms with Crippen LogP contribution in [0.25, 0.3) is 0 Å². The first kappa shape index (κ1) is 179. The minimum Gasteiger partial charge on any atom is -0.412 e. The van der Waals surface area contributed by atoms with Crippen molar-refractivity contribution in [1.29, 1.82) is 0 Å². The molecule has 51 valence electrons. The molecule has 3 radical (unpaired) electrons. The van der Waals surface area contributed by atoms with Gasteiger partial charge in [0.2, 0.25) is 0 Å². The van der Waals surface area contributed by atoms with E-state index in [1.165, 1.54) is 0 Å².